The van der Waals surface area contributed by atoms with Crippen LogP contribution in [0.3, 0.4) is 0 Å². The summed E-state index contributed by atoms with van der Waals surface area (Å²) in [7, 11) is -7.43. The van der Waals surface area contributed by atoms with E-state index in [9.17, 15) is 16.8 Å². The molecule has 28 heavy (non-hydrogen) atoms. The van der Waals surface area contributed by atoms with Gasteiger partial charge < -0.3 is 0 Å². The van der Waals surface area contributed by atoms with Crippen molar-refractivity contribution < 1.29 is 16.8 Å². The van der Waals surface area contributed by atoms with E-state index in [1.165, 1.54) is 6.07 Å². The molecule has 0 N–H and O–H groups in total. The average molecular weight is 535 g/mol. The molecule has 8 heteroatoms. The fourth-order valence-corrected chi connectivity index (χ4v) is 8.26. The Morgan fingerprint density at radius 2 is 1.32 bits per heavy atom. The maximum atomic E-state index is 12.8. The van der Waals surface area contributed by atoms with Crippen LogP contribution in [0.25, 0.3) is 0 Å². The summed E-state index contributed by atoms with van der Waals surface area (Å²) in [5.74, 6) is 0. The van der Waals surface area contributed by atoms with Crippen molar-refractivity contribution in [3.05, 3.63) is 57.7 Å². The molecule has 0 aliphatic carbocycles. The molecule has 0 radical (unpaired) electrons. The van der Waals surface area contributed by atoms with Gasteiger partial charge in [0.1, 0.15) is 0 Å². The molecule has 0 aromatic heterocycles. The highest BCUT2D eigenvalue weighted by Crippen LogP contribution is 2.32. The van der Waals surface area contributed by atoms with Gasteiger partial charge in [-0.1, -0.05) is 45.0 Å². The van der Waals surface area contributed by atoms with E-state index in [1.54, 1.807) is 63.2 Å². The van der Waals surface area contributed by atoms with Crippen LogP contribution in [0, 0.1) is 3.57 Å². The molecule has 154 valence electrons. The maximum absolute atomic E-state index is 12.8. The fourth-order valence-electron chi connectivity index (χ4n) is 2.31. The quantitative estimate of drug-likeness (QED) is 0.500. The van der Waals surface area contributed by atoms with Gasteiger partial charge in [-0.25, -0.2) is 8.42 Å². The molecule has 0 aliphatic heterocycles. The predicted molar refractivity (Wildman–Crippen MR) is 121 cm³/mol. The molecule has 2 rings (SSSR count). The smallest absolute Gasteiger partial charge is 0.223 e. The van der Waals surface area contributed by atoms with Gasteiger partial charge in [-0.15, -0.1) is 2.55 Å². The lowest BCUT2D eigenvalue weighted by molar-refractivity contribution is 0.559. The zero-order valence-electron chi connectivity index (χ0n) is 16.9. The van der Waals surface area contributed by atoms with E-state index in [0.717, 1.165) is 5.56 Å². The SMILES string of the molecule is CC(C)(C)c1ccc(S(=O)(=O)N=Ic2ccccc2S(=O)(=O)C(C)(C)C)cc1. The Morgan fingerprint density at radius 1 is 0.786 bits per heavy atom. The fraction of sp³-hybridized carbons (Fsp3) is 0.400. The van der Waals surface area contributed by atoms with Crippen LogP contribution >= 0.6 is 21.0 Å². The molecule has 0 bridgehead atoms. The van der Waals surface area contributed by atoms with Gasteiger partial charge in [0.2, 0.25) is 0 Å². The summed E-state index contributed by atoms with van der Waals surface area (Å²) >= 11 is -1.40. The first-order valence-corrected chi connectivity index (χ1v) is 13.7. The van der Waals surface area contributed by atoms with Crippen LogP contribution in [0.4, 0.5) is 0 Å². The molecule has 2 aromatic carbocycles. The molecule has 0 aliphatic rings. The van der Waals surface area contributed by atoms with Gasteiger partial charge in [0.25, 0.3) is 10.0 Å². The van der Waals surface area contributed by atoms with Gasteiger partial charge in [-0.3, -0.25) is 0 Å². The molecule has 0 fully saturated rings. The Labute approximate surface area is 178 Å². The zero-order chi connectivity index (χ0) is 21.4. The van der Waals surface area contributed by atoms with E-state index in [-0.39, 0.29) is 15.2 Å². The van der Waals surface area contributed by atoms with Gasteiger partial charge in [0.15, 0.2) is 9.84 Å². The molecule has 0 unspecified atom stereocenters. The number of nitrogens with zero attached hydrogens (tertiary/aromatic N) is 1. The van der Waals surface area contributed by atoms with E-state index < -0.39 is 45.6 Å². The van der Waals surface area contributed by atoms with Crippen molar-refractivity contribution in [3.63, 3.8) is 0 Å². The summed E-state index contributed by atoms with van der Waals surface area (Å²) in [6.45, 7) is 11.0. The molecular formula is C20H26INO4S2. The summed E-state index contributed by atoms with van der Waals surface area (Å²) in [6, 6.07) is 13.2. The third-order valence-electron chi connectivity index (χ3n) is 4.17. The molecular weight excluding hydrogens is 509 g/mol. The first-order chi connectivity index (χ1) is 12.7. The van der Waals surface area contributed by atoms with Crippen LogP contribution in [0.2, 0.25) is 0 Å². The molecule has 0 atom stereocenters. The van der Waals surface area contributed by atoms with Crippen LogP contribution in [-0.4, -0.2) is 21.6 Å². The Kier molecular flexibility index (Phi) is 6.57. The third kappa shape index (κ3) is 5.07. The molecule has 0 amide bonds. The highest BCUT2D eigenvalue weighted by molar-refractivity contribution is 14.2. The monoisotopic (exact) mass is 535 g/mol. The number of hydrogen-bond acceptors (Lipinski definition) is 4. The van der Waals surface area contributed by atoms with Crippen LogP contribution < -0.4 is 0 Å². The summed E-state index contributed by atoms with van der Waals surface area (Å²) in [5.41, 5.74) is 0.954. The standard InChI is InChI=1S/C20H26INO4S2/c1-19(2,3)15-11-13-16(14-12-15)28(25,26)22-21-17-9-7-8-10-18(17)27(23,24)20(4,5)6/h7-14H,1-6H3. The molecule has 5 nitrogen and oxygen atoms in total. The van der Waals surface area contributed by atoms with Crippen LogP contribution in [0.15, 0.2) is 60.9 Å². The number of sulfonamides is 1. The van der Waals surface area contributed by atoms with Gasteiger partial charge >= 0.3 is 0 Å². The second-order valence-electron chi connectivity index (χ2n) is 8.45. The molecule has 0 saturated heterocycles. The molecule has 0 spiro atoms. The summed E-state index contributed by atoms with van der Waals surface area (Å²) in [4.78, 5) is 0.286. The van der Waals surface area contributed by atoms with Crippen LogP contribution in [0.1, 0.15) is 47.1 Å². The van der Waals surface area contributed by atoms with Crippen molar-refractivity contribution >= 4 is 40.9 Å². The van der Waals surface area contributed by atoms with Crippen molar-refractivity contribution in [3.8, 4) is 0 Å². The number of hydrogen-bond donors (Lipinski definition) is 0. The topological polar surface area (TPSA) is 80.6 Å². The number of sulfone groups is 1. The molecule has 0 heterocycles. The first kappa shape index (κ1) is 23.2. The predicted octanol–water partition coefficient (Wildman–Crippen LogP) is 5.27. The molecule has 2 aromatic rings. The lowest BCUT2D eigenvalue weighted by Crippen LogP contribution is -2.28. The van der Waals surface area contributed by atoms with Gasteiger partial charge in [0, 0.05) is 24.6 Å². The van der Waals surface area contributed by atoms with Crippen molar-refractivity contribution in [1.82, 2.24) is 0 Å². The van der Waals surface area contributed by atoms with Crippen molar-refractivity contribution in [2.75, 3.05) is 0 Å². The lowest BCUT2D eigenvalue weighted by Gasteiger charge is -2.20. The first-order valence-electron chi connectivity index (χ1n) is 8.72. The van der Waals surface area contributed by atoms with E-state index in [4.69, 9.17) is 0 Å². The van der Waals surface area contributed by atoms with Crippen molar-refractivity contribution in [1.29, 1.82) is 0 Å². The number of rotatable bonds is 4. The minimum Gasteiger partial charge on any atom is -0.223 e. The van der Waals surface area contributed by atoms with Crippen molar-refractivity contribution in [2.45, 2.75) is 61.5 Å². The van der Waals surface area contributed by atoms with E-state index in [2.05, 4.69) is 23.3 Å². The van der Waals surface area contributed by atoms with E-state index >= 15 is 0 Å². The largest absolute Gasteiger partial charge is 0.286 e. The van der Waals surface area contributed by atoms with E-state index in [0.29, 0.717) is 3.57 Å². The third-order valence-corrected chi connectivity index (χ3v) is 11.8. The Morgan fingerprint density at radius 3 is 1.82 bits per heavy atom. The minimum atomic E-state index is -3.84. The van der Waals surface area contributed by atoms with Crippen LogP contribution in [0.5, 0.6) is 0 Å². The normalized spacial score (nSPS) is 14.1. The van der Waals surface area contributed by atoms with Gasteiger partial charge in [-0.2, -0.15) is 8.42 Å². The summed E-state index contributed by atoms with van der Waals surface area (Å²) in [6.07, 6.45) is 0. The molecule has 0 saturated carbocycles. The number of halogens is 1. The summed E-state index contributed by atoms with van der Waals surface area (Å²) in [5, 5.41) is 0. The van der Waals surface area contributed by atoms with Crippen LogP contribution in [-0.2, 0) is 25.3 Å². The number of benzene rings is 2. The Balaban J connectivity index is 2.44. The second-order valence-corrected chi connectivity index (χ2v) is 15.5. The maximum Gasteiger partial charge on any atom is 0.286 e. The Bertz CT molecular complexity index is 1090. The second kappa shape index (κ2) is 7.95. The average Bonchev–Trinajstić information content (AvgIpc) is 2.58. The Hall–Kier alpha value is -1.13. The summed E-state index contributed by atoms with van der Waals surface area (Å²) < 4.78 is 54.4. The zero-order valence-corrected chi connectivity index (χ0v) is 20.7. The minimum absolute atomic E-state index is 0.0768. The van der Waals surface area contributed by atoms with E-state index in [1.807, 2.05) is 0 Å². The highest BCUT2D eigenvalue weighted by atomic mass is 127. The highest BCUT2D eigenvalue weighted by Gasteiger charge is 2.32. The van der Waals surface area contributed by atoms with Gasteiger partial charge in [-0.05, 0) is 56.0 Å². The van der Waals surface area contributed by atoms with Crippen molar-refractivity contribution in [2.24, 2.45) is 2.55 Å². The van der Waals surface area contributed by atoms with Gasteiger partial charge in [0.05, 0.1) is 14.5 Å². The lowest BCUT2D eigenvalue weighted by atomic mass is 9.87.